The topological polar surface area (TPSA) is 29.5 Å². The molecule has 2 rings (SSSR count). The largest absolute Gasteiger partial charge is 0.488 e. The van der Waals surface area contributed by atoms with E-state index in [2.05, 4.69) is 32.0 Å². The fourth-order valence-corrected chi connectivity index (χ4v) is 2.16. The van der Waals surface area contributed by atoms with Gasteiger partial charge in [0.15, 0.2) is 0 Å². The average Bonchev–Trinajstić information content (AvgIpc) is 2.40. The lowest BCUT2D eigenvalue weighted by Crippen LogP contribution is -2.01. The van der Waals surface area contributed by atoms with Gasteiger partial charge in [0.25, 0.3) is 0 Å². The van der Waals surface area contributed by atoms with Crippen LogP contribution < -0.4 is 4.74 Å². The van der Waals surface area contributed by atoms with Crippen LogP contribution >= 0.6 is 11.6 Å². The number of hydrogen-bond acceptors (Lipinski definition) is 2. The number of hydrogen-bond donors (Lipinski definition) is 1. The summed E-state index contributed by atoms with van der Waals surface area (Å²) in [5.41, 5.74) is 4.18. The van der Waals surface area contributed by atoms with Crippen molar-refractivity contribution in [2.45, 2.75) is 27.1 Å². The average molecular weight is 277 g/mol. The number of halogens is 1. The molecule has 2 aromatic carbocycles. The molecule has 0 amide bonds. The number of aryl methyl sites for hydroxylation is 2. The minimum Gasteiger partial charge on any atom is -0.488 e. The molecule has 0 radical (unpaired) electrons. The number of rotatable bonds is 4. The molecule has 0 atom stereocenters. The Balaban J connectivity index is 2.19. The number of aliphatic hydroxyl groups excluding tert-OH is 1. The summed E-state index contributed by atoms with van der Waals surface area (Å²) in [6.45, 7) is 4.47. The molecule has 0 fully saturated rings. The zero-order valence-corrected chi connectivity index (χ0v) is 11.9. The Kier molecular flexibility index (Phi) is 4.46. The fourth-order valence-electron chi connectivity index (χ4n) is 1.94. The summed E-state index contributed by atoms with van der Waals surface area (Å²) in [6.07, 6.45) is 0. The van der Waals surface area contributed by atoms with Crippen LogP contribution in [-0.4, -0.2) is 5.11 Å². The highest BCUT2D eigenvalue weighted by Crippen LogP contribution is 2.27. The second kappa shape index (κ2) is 6.09. The van der Waals surface area contributed by atoms with Crippen LogP contribution in [0.25, 0.3) is 0 Å². The van der Waals surface area contributed by atoms with Gasteiger partial charge in [0.2, 0.25) is 0 Å². The summed E-state index contributed by atoms with van der Waals surface area (Å²) in [6, 6.07) is 11.7. The van der Waals surface area contributed by atoms with Gasteiger partial charge in [-0.2, -0.15) is 0 Å². The monoisotopic (exact) mass is 276 g/mol. The van der Waals surface area contributed by atoms with E-state index in [0.717, 1.165) is 5.56 Å². The maximum Gasteiger partial charge on any atom is 0.126 e. The van der Waals surface area contributed by atoms with Crippen molar-refractivity contribution in [2.24, 2.45) is 0 Å². The third kappa shape index (κ3) is 3.28. The van der Waals surface area contributed by atoms with Gasteiger partial charge in [-0.15, -0.1) is 0 Å². The summed E-state index contributed by atoms with van der Waals surface area (Å²) in [5.74, 6) is 0.635. The van der Waals surface area contributed by atoms with Crippen LogP contribution in [0.5, 0.6) is 5.75 Å². The van der Waals surface area contributed by atoms with E-state index >= 15 is 0 Å². The van der Waals surface area contributed by atoms with Crippen LogP contribution in [0.1, 0.15) is 22.3 Å². The lowest BCUT2D eigenvalue weighted by atomic mass is 10.1. The van der Waals surface area contributed by atoms with Gasteiger partial charge in [-0.3, -0.25) is 0 Å². The second-order valence-corrected chi connectivity index (χ2v) is 5.00. The molecule has 0 saturated carbocycles. The van der Waals surface area contributed by atoms with Crippen LogP contribution in [0.15, 0.2) is 36.4 Å². The van der Waals surface area contributed by atoms with Crippen molar-refractivity contribution < 1.29 is 9.84 Å². The highest BCUT2D eigenvalue weighted by atomic mass is 35.5. The first kappa shape index (κ1) is 13.9. The fraction of sp³-hybridized carbons (Fsp3) is 0.250. The summed E-state index contributed by atoms with van der Waals surface area (Å²) in [7, 11) is 0. The highest BCUT2D eigenvalue weighted by molar-refractivity contribution is 6.31. The van der Waals surface area contributed by atoms with E-state index < -0.39 is 0 Å². The lowest BCUT2D eigenvalue weighted by Gasteiger charge is -2.13. The first-order valence-corrected chi connectivity index (χ1v) is 6.57. The third-order valence-corrected chi connectivity index (χ3v) is 3.48. The Hall–Kier alpha value is -1.51. The quantitative estimate of drug-likeness (QED) is 0.914. The minimum atomic E-state index is -0.123. The zero-order chi connectivity index (χ0) is 13.8. The first-order chi connectivity index (χ1) is 9.11. The molecule has 2 aromatic rings. The molecule has 0 aliphatic heterocycles. The van der Waals surface area contributed by atoms with Crippen molar-refractivity contribution in [2.75, 3.05) is 0 Å². The van der Waals surface area contributed by atoms with Crippen LogP contribution in [0.4, 0.5) is 0 Å². The van der Waals surface area contributed by atoms with Crippen molar-refractivity contribution >= 4 is 11.6 Å². The van der Waals surface area contributed by atoms with Crippen molar-refractivity contribution in [1.82, 2.24) is 0 Å². The van der Waals surface area contributed by atoms with Gasteiger partial charge in [-0.1, -0.05) is 41.4 Å². The SMILES string of the molecule is Cc1ccc(C)c(COc2cccc(Cl)c2CO)c1. The van der Waals surface area contributed by atoms with Crippen LogP contribution in [0.3, 0.4) is 0 Å². The van der Waals surface area contributed by atoms with E-state index in [1.165, 1.54) is 11.1 Å². The molecule has 0 aliphatic carbocycles. The summed E-state index contributed by atoms with van der Waals surface area (Å²) < 4.78 is 5.79. The summed E-state index contributed by atoms with van der Waals surface area (Å²) >= 11 is 6.03. The van der Waals surface area contributed by atoms with Gasteiger partial charge >= 0.3 is 0 Å². The molecule has 1 N–H and O–H groups in total. The molecule has 0 aliphatic rings. The lowest BCUT2D eigenvalue weighted by molar-refractivity contribution is 0.259. The van der Waals surface area contributed by atoms with Gasteiger partial charge in [0.1, 0.15) is 12.4 Å². The first-order valence-electron chi connectivity index (χ1n) is 6.19. The van der Waals surface area contributed by atoms with Gasteiger partial charge in [-0.25, -0.2) is 0 Å². The summed E-state index contributed by atoms with van der Waals surface area (Å²) in [5, 5.41) is 9.86. The Morgan fingerprint density at radius 1 is 1.16 bits per heavy atom. The Bertz CT molecular complexity index is 579. The molecule has 2 nitrogen and oxygen atoms in total. The molecule has 0 spiro atoms. The van der Waals surface area contributed by atoms with E-state index in [0.29, 0.717) is 22.9 Å². The molecule has 0 bridgehead atoms. The zero-order valence-electron chi connectivity index (χ0n) is 11.1. The molecule has 0 heterocycles. The Morgan fingerprint density at radius 2 is 1.95 bits per heavy atom. The highest BCUT2D eigenvalue weighted by Gasteiger charge is 2.08. The minimum absolute atomic E-state index is 0.123. The van der Waals surface area contributed by atoms with Gasteiger partial charge < -0.3 is 9.84 Å². The van der Waals surface area contributed by atoms with E-state index in [1.807, 2.05) is 12.1 Å². The molecular formula is C16H17ClO2. The van der Waals surface area contributed by atoms with Crippen molar-refractivity contribution in [3.63, 3.8) is 0 Å². The predicted octanol–water partition coefficient (Wildman–Crippen LogP) is 4.03. The maximum atomic E-state index is 9.33. The van der Waals surface area contributed by atoms with Gasteiger partial charge in [0, 0.05) is 10.6 Å². The smallest absolute Gasteiger partial charge is 0.126 e. The molecule has 3 heteroatoms. The number of ether oxygens (including phenoxy) is 1. The molecule has 0 aromatic heterocycles. The molecule has 0 unspecified atom stereocenters. The maximum absolute atomic E-state index is 9.33. The number of aliphatic hydroxyl groups is 1. The van der Waals surface area contributed by atoms with Crippen LogP contribution in [0.2, 0.25) is 5.02 Å². The van der Waals surface area contributed by atoms with E-state index in [4.69, 9.17) is 16.3 Å². The van der Waals surface area contributed by atoms with E-state index in [1.54, 1.807) is 6.07 Å². The Morgan fingerprint density at radius 3 is 2.68 bits per heavy atom. The standard InChI is InChI=1S/C16H17ClO2/c1-11-6-7-12(2)13(8-11)10-19-16-5-3-4-15(17)14(16)9-18/h3-8,18H,9-10H2,1-2H3. The van der Waals surface area contributed by atoms with Crippen molar-refractivity contribution in [3.05, 3.63) is 63.7 Å². The van der Waals surface area contributed by atoms with E-state index in [9.17, 15) is 5.11 Å². The third-order valence-electron chi connectivity index (χ3n) is 3.12. The molecule has 0 saturated heterocycles. The van der Waals surface area contributed by atoms with Crippen molar-refractivity contribution in [3.8, 4) is 5.75 Å². The van der Waals surface area contributed by atoms with Crippen LogP contribution in [-0.2, 0) is 13.2 Å². The predicted molar refractivity (Wildman–Crippen MR) is 77.6 cm³/mol. The van der Waals surface area contributed by atoms with Crippen molar-refractivity contribution in [1.29, 1.82) is 0 Å². The second-order valence-electron chi connectivity index (χ2n) is 4.59. The van der Waals surface area contributed by atoms with Crippen LogP contribution in [0, 0.1) is 13.8 Å². The van der Waals surface area contributed by atoms with Gasteiger partial charge in [0.05, 0.1) is 6.61 Å². The molecular weight excluding hydrogens is 260 g/mol. The normalized spacial score (nSPS) is 10.5. The summed E-state index contributed by atoms with van der Waals surface area (Å²) in [4.78, 5) is 0. The molecule has 19 heavy (non-hydrogen) atoms. The Labute approximate surface area is 118 Å². The molecule has 100 valence electrons. The van der Waals surface area contributed by atoms with E-state index in [-0.39, 0.29) is 6.61 Å². The number of benzene rings is 2. The van der Waals surface area contributed by atoms with Gasteiger partial charge in [-0.05, 0) is 37.1 Å².